The predicted molar refractivity (Wildman–Crippen MR) is 65.1 cm³/mol. The molecular weight excluding hydrogens is 277 g/mol. The fourth-order valence-corrected chi connectivity index (χ4v) is 2.29. The van der Waals surface area contributed by atoms with Crippen LogP contribution in [0.15, 0.2) is 23.1 Å². The summed E-state index contributed by atoms with van der Waals surface area (Å²) < 4.78 is 38.8. The van der Waals surface area contributed by atoms with Crippen LogP contribution in [-0.4, -0.2) is 26.8 Å². The zero-order valence-electron chi connectivity index (χ0n) is 9.94. The van der Waals surface area contributed by atoms with Crippen molar-refractivity contribution in [2.75, 3.05) is 11.9 Å². The van der Waals surface area contributed by atoms with E-state index in [-0.39, 0.29) is 5.69 Å². The van der Waals surface area contributed by atoms with Crippen molar-refractivity contribution in [3.63, 3.8) is 0 Å². The Labute approximate surface area is 109 Å². The number of nitrogens with two attached hydrogens (primary N) is 1. The third-order valence-corrected chi connectivity index (χ3v) is 3.41. The van der Waals surface area contributed by atoms with Crippen molar-refractivity contribution in [2.45, 2.75) is 11.8 Å². The van der Waals surface area contributed by atoms with E-state index in [2.05, 4.69) is 5.32 Å². The van der Waals surface area contributed by atoms with Crippen molar-refractivity contribution in [1.82, 2.24) is 4.72 Å². The lowest BCUT2D eigenvalue weighted by Gasteiger charge is -2.08. The van der Waals surface area contributed by atoms with Gasteiger partial charge in [0.05, 0.1) is 6.54 Å². The van der Waals surface area contributed by atoms with Crippen LogP contribution in [0.2, 0.25) is 0 Å². The van der Waals surface area contributed by atoms with Crippen LogP contribution in [-0.2, 0) is 19.6 Å². The predicted octanol–water partition coefficient (Wildman–Crippen LogP) is -0.452. The maximum Gasteiger partial charge on any atom is 0.243 e. The molecule has 0 radical (unpaired) electrons. The molecule has 7 nitrogen and oxygen atoms in total. The van der Waals surface area contributed by atoms with Gasteiger partial charge in [0.2, 0.25) is 21.8 Å². The van der Waals surface area contributed by atoms with E-state index in [1.54, 1.807) is 0 Å². The number of primary amides is 1. The molecule has 0 spiro atoms. The number of anilines is 1. The summed E-state index contributed by atoms with van der Waals surface area (Å²) in [6.45, 7) is 0.603. The topological polar surface area (TPSA) is 118 Å². The molecule has 2 amide bonds. The highest BCUT2D eigenvalue weighted by Gasteiger charge is 2.19. The number of nitrogens with one attached hydrogen (secondary N) is 2. The molecule has 1 rings (SSSR count). The van der Waals surface area contributed by atoms with Gasteiger partial charge < -0.3 is 11.1 Å². The first kappa shape index (κ1) is 15.1. The molecule has 0 atom stereocenters. The van der Waals surface area contributed by atoms with Crippen LogP contribution in [0.3, 0.4) is 0 Å². The zero-order chi connectivity index (χ0) is 14.6. The number of carbonyl (C=O) groups is 2. The van der Waals surface area contributed by atoms with E-state index in [0.29, 0.717) is 0 Å². The first-order chi connectivity index (χ1) is 8.72. The third-order valence-electron chi connectivity index (χ3n) is 1.98. The highest BCUT2D eigenvalue weighted by molar-refractivity contribution is 7.89. The summed E-state index contributed by atoms with van der Waals surface area (Å²) in [6, 6.07) is 3.06. The lowest BCUT2D eigenvalue weighted by atomic mass is 10.3. The van der Waals surface area contributed by atoms with Gasteiger partial charge >= 0.3 is 0 Å². The highest BCUT2D eigenvalue weighted by atomic mass is 32.2. The molecule has 0 aliphatic rings. The molecule has 0 fully saturated rings. The summed E-state index contributed by atoms with van der Waals surface area (Å²) in [5.74, 6) is -2.36. The SMILES string of the molecule is CC(=O)Nc1ccc(S(=O)(=O)NCC(N)=O)c(F)c1. The van der Waals surface area contributed by atoms with E-state index in [1.165, 1.54) is 13.0 Å². The number of carbonyl (C=O) groups excluding carboxylic acids is 2. The zero-order valence-corrected chi connectivity index (χ0v) is 10.8. The second-order valence-electron chi connectivity index (χ2n) is 3.62. The summed E-state index contributed by atoms with van der Waals surface area (Å²) in [6.07, 6.45) is 0. The van der Waals surface area contributed by atoms with Crippen molar-refractivity contribution in [2.24, 2.45) is 5.73 Å². The summed E-state index contributed by atoms with van der Waals surface area (Å²) in [5, 5.41) is 2.31. The Kier molecular flexibility index (Phi) is 4.57. The van der Waals surface area contributed by atoms with Crippen LogP contribution in [0.1, 0.15) is 6.92 Å². The summed E-state index contributed by atoms with van der Waals surface area (Å²) in [5.41, 5.74) is 4.91. The normalized spacial score (nSPS) is 11.1. The average Bonchev–Trinajstić information content (AvgIpc) is 2.25. The van der Waals surface area contributed by atoms with Crippen molar-refractivity contribution in [3.05, 3.63) is 24.0 Å². The maximum atomic E-state index is 13.6. The van der Waals surface area contributed by atoms with Gasteiger partial charge in [-0.3, -0.25) is 9.59 Å². The van der Waals surface area contributed by atoms with Crippen LogP contribution in [0.25, 0.3) is 0 Å². The van der Waals surface area contributed by atoms with Gasteiger partial charge in [0, 0.05) is 12.6 Å². The maximum absolute atomic E-state index is 13.6. The molecule has 0 heterocycles. The Morgan fingerprint density at radius 1 is 1.37 bits per heavy atom. The third kappa shape index (κ3) is 4.30. The number of benzene rings is 1. The summed E-state index contributed by atoms with van der Waals surface area (Å²) in [4.78, 5) is 20.6. The lowest BCUT2D eigenvalue weighted by Crippen LogP contribution is -2.33. The molecule has 0 unspecified atom stereocenters. The Morgan fingerprint density at radius 3 is 2.47 bits per heavy atom. The second kappa shape index (κ2) is 5.76. The fraction of sp³-hybridized carbons (Fsp3) is 0.200. The smallest absolute Gasteiger partial charge is 0.243 e. The summed E-state index contributed by atoms with van der Waals surface area (Å²) in [7, 11) is -4.17. The quantitative estimate of drug-likeness (QED) is 0.680. The largest absolute Gasteiger partial charge is 0.369 e. The van der Waals surface area contributed by atoms with Crippen molar-refractivity contribution in [1.29, 1.82) is 0 Å². The first-order valence-electron chi connectivity index (χ1n) is 5.07. The Balaban J connectivity index is 3.01. The molecule has 104 valence electrons. The molecule has 0 aliphatic heterocycles. The van der Waals surface area contributed by atoms with E-state index in [4.69, 9.17) is 5.73 Å². The molecule has 1 aromatic carbocycles. The van der Waals surface area contributed by atoms with E-state index in [0.717, 1.165) is 12.1 Å². The fourth-order valence-electron chi connectivity index (χ4n) is 1.24. The minimum Gasteiger partial charge on any atom is -0.369 e. The lowest BCUT2D eigenvalue weighted by molar-refractivity contribution is -0.117. The second-order valence-corrected chi connectivity index (χ2v) is 5.35. The molecule has 0 saturated carbocycles. The number of amides is 2. The van der Waals surface area contributed by atoms with Gasteiger partial charge in [0.25, 0.3) is 0 Å². The van der Waals surface area contributed by atoms with Crippen LogP contribution in [0.4, 0.5) is 10.1 Å². The van der Waals surface area contributed by atoms with E-state index < -0.39 is 39.1 Å². The number of rotatable bonds is 5. The van der Waals surface area contributed by atoms with Crippen LogP contribution < -0.4 is 15.8 Å². The van der Waals surface area contributed by atoms with Gasteiger partial charge in [-0.25, -0.2) is 17.5 Å². The highest BCUT2D eigenvalue weighted by Crippen LogP contribution is 2.18. The van der Waals surface area contributed by atoms with E-state index >= 15 is 0 Å². The van der Waals surface area contributed by atoms with Gasteiger partial charge in [-0.15, -0.1) is 0 Å². The molecule has 9 heteroatoms. The van der Waals surface area contributed by atoms with Gasteiger partial charge in [0.15, 0.2) is 0 Å². The van der Waals surface area contributed by atoms with E-state index in [1.807, 2.05) is 4.72 Å². The van der Waals surface area contributed by atoms with Gasteiger partial charge in [-0.2, -0.15) is 0 Å². The standard InChI is InChI=1S/C10H12FN3O4S/c1-6(15)14-7-2-3-9(8(11)4-7)19(17,18)13-5-10(12)16/h2-4,13H,5H2,1H3,(H2,12,16)(H,14,15). The molecule has 0 aliphatic carbocycles. The van der Waals surface area contributed by atoms with Gasteiger partial charge in [0.1, 0.15) is 10.7 Å². The summed E-state index contributed by atoms with van der Waals surface area (Å²) >= 11 is 0. The Hall–Kier alpha value is -2.00. The molecule has 0 aromatic heterocycles. The monoisotopic (exact) mass is 289 g/mol. The molecule has 1 aromatic rings. The number of sulfonamides is 1. The number of hydrogen-bond donors (Lipinski definition) is 3. The Bertz CT molecular complexity index is 615. The van der Waals surface area contributed by atoms with Crippen LogP contribution in [0, 0.1) is 5.82 Å². The van der Waals surface area contributed by atoms with E-state index in [9.17, 15) is 22.4 Å². The molecule has 0 saturated heterocycles. The molecule has 0 bridgehead atoms. The number of halogens is 1. The molecule has 4 N–H and O–H groups in total. The van der Waals surface area contributed by atoms with Gasteiger partial charge in [-0.1, -0.05) is 0 Å². The van der Waals surface area contributed by atoms with Crippen molar-refractivity contribution >= 4 is 27.5 Å². The molecule has 19 heavy (non-hydrogen) atoms. The van der Waals surface area contributed by atoms with Crippen molar-refractivity contribution in [3.8, 4) is 0 Å². The first-order valence-corrected chi connectivity index (χ1v) is 6.56. The minimum absolute atomic E-state index is 0.124. The minimum atomic E-state index is -4.17. The Morgan fingerprint density at radius 2 is 2.00 bits per heavy atom. The van der Waals surface area contributed by atoms with Crippen LogP contribution in [0.5, 0.6) is 0 Å². The van der Waals surface area contributed by atoms with Crippen LogP contribution >= 0.6 is 0 Å². The molecular formula is C10H12FN3O4S. The average molecular weight is 289 g/mol. The van der Waals surface area contributed by atoms with Gasteiger partial charge in [-0.05, 0) is 18.2 Å². The number of hydrogen-bond acceptors (Lipinski definition) is 4. The van der Waals surface area contributed by atoms with Crippen molar-refractivity contribution < 1.29 is 22.4 Å².